The number of hydrogen-bond acceptors (Lipinski definition) is 4. The predicted molar refractivity (Wildman–Crippen MR) is 184 cm³/mol. The first-order valence-electron chi connectivity index (χ1n) is 14.6. The van der Waals surface area contributed by atoms with Crippen molar-refractivity contribution in [3.8, 4) is 44.5 Å². The highest BCUT2D eigenvalue weighted by Crippen LogP contribution is 2.45. The highest BCUT2D eigenvalue weighted by Gasteiger charge is 2.16. The summed E-state index contributed by atoms with van der Waals surface area (Å²) in [5.41, 5.74) is 11.2. The fourth-order valence-electron chi connectivity index (χ4n) is 6.37. The van der Waals surface area contributed by atoms with Crippen LogP contribution in [-0.2, 0) is 0 Å². The van der Waals surface area contributed by atoms with Crippen molar-refractivity contribution < 1.29 is 4.42 Å². The standard InChI is InChI=1S/C40H24N2OS/c1-2-10-37-33(5-1)34-12-11-27(24-38(34)43-37)31-6-3-8-35-36-9-4-7-32(40(36)44-39(31)35)30-22-28(25-13-17-41-18-14-25)21-29(23-30)26-15-19-42-20-16-26/h1-24H. The molecule has 4 heterocycles. The van der Waals surface area contributed by atoms with E-state index in [0.29, 0.717) is 0 Å². The van der Waals surface area contributed by atoms with Gasteiger partial charge in [-0.15, -0.1) is 11.3 Å². The third kappa shape index (κ3) is 4.03. The zero-order valence-electron chi connectivity index (χ0n) is 23.6. The summed E-state index contributed by atoms with van der Waals surface area (Å²) in [5.74, 6) is 0. The summed E-state index contributed by atoms with van der Waals surface area (Å²) in [6.45, 7) is 0. The van der Waals surface area contributed by atoms with Gasteiger partial charge in [-0.25, -0.2) is 0 Å². The van der Waals surface area contributed by atoms with E-state index in [1.54, 1.807) is 0 Å². The Morgan fingerprint density at radius 2 is 0.932 bits per heavy atom. The fourth-order valence-corrected chi connectivity index (χ4v) is 7.75. The summed E-state index contributed by atoms with van der Waals surface area (Å²) < 4.78 is 8.82. The molecule has 3 nitrogen and oxygen atoms in total. The summed E-state index contributed by atoms with van der Waals surface area (Å²) in [6.07, 6.45) is 7.41. The maximum absolute atomic E-state index is 6.25. The van der Waals surface area contributed by atoms with E-state index in [2.05, 4.69) is 119 Å². The number of hydrogen-bond donors (Lipinski definition) is 0. The lowest BCUT2D eigenvalue weighted by atomic mass is 9.93. The second kappa shape index (κ2) is 10.0. The number of rotatable bonds is 4. The van der Waals surface area contributed by atoms with Crippen molar-refractivity contribution in [1.82, 2.24) is 9.97 Å². The number of para-hydroxylation sites is 1. The molecule has 0 spiro atoms. The molecule has 0 amide bonds. The minimum Gasteiger partial charge on any atom is -0.456 e. The van der Waals surface area contributed by atoms with Crippen molar-refractivity contribution in [2.75, 3.05) is 0 Å². The van der Waals surface area contributed by atoms with Crippen molar-refractivity contribution in [1.29, 1.82) is 0 Å². The Morgan fingerprint density at radius 1 is 0.386 bits per heavy atom. The van der Waals surface area contributed by atoms with E-state index in [4.69, 9.17) is 4.42 Å². The SMILES string of the molecule is c1ccc2c(c1)oc1cc(-c3cccc4c3sc3c(-c5cc(-c6ccncc6)cc(-c6ccncc6)c5)cccc34)ccc12. The van der Waals surface area contributed by atoms with Gasteiger partial charge in [-0.1, -0.05) is 60.7 Å². The highest BCUT2D eigenvalue weighted by atomic mass is 32.1. The summed E-state index contributed by atoms with van der Waals surface area (Å²) in [6, 6.07) is 43.3. The number of nitrogens with zero attached hydrogens (tertiary/aromatic N) is 2. The molecule has 206 valence electrons. The van der Waals surface area contributed by atoms with Gasteiger partial charge in [-0.2, -0.15) is 0 Å². The molecule has 0 saturated carbocycles. The average molecular weight is 581 g/mol. The Kier molecular flexibility index (Phi) is 5.68. The first-order chi connectivity index (χ1) is 21.8. The van der Waals surface area contributed by atoms with Crippen LogP contribution in [0.1, 0.15) is 0 Å². The van der Waals surface area contributed by atoms with E-state index in [-0.39, 0.29) is 0 Å². The number of benzene rings is 5. The molecule has 0 atom stereocenters. The molecule has 4 heteroatoms. The third-order valence-electron chi connectivity index (χ3n) is 8.49. The van der Waals surface area contributed by atoms with Gasteiger partial charge >= 0.3 is 0 Å². The van der Waals surface area contributed by atoms with Crippen LogP contribution < -0.4 is 0 Å². The normalized spacial score (nSPS) is 11.6. The van der Waals surface area contributed by atoms with Crippen LogP contribution in [0.2, 0.25) is 0 Å². The van der Waals surface area contributed by atoms with Gasteiger partial charge in [-0.05, 0) is 105 Å². The summed E-state index contributed by atoms with van der Waals surface area (Å²) >= 11 is 1.87. The van der Waals surface area contributed by atoms with Gasteiger partial charge in [0, 0.05) is 55.7 Å². The molecule has 0 fully saturated rings. The van der Waals surface area contributed by atoms with Crippen LogP contribution in [0.25, 0.3) is 86.6 Å². The Hall–Kier alpha value is -5.58. The maximum atomic E-state index is 6.25. The lowest BCUT2D eigenvalue weighted by molar-refractivity contribution is 0.669. The molecule has 0 N–H and O–H groups in total. The molecule has 9 aromatic rings. The van der Waals surface area contributed by atoms with Crippen LogP contribution in [0.15, 0.2) is 151 Å². The van der Waals surface area contributed by atoms with Crippen molar-refractivity contribution in [3.63, 3.8) is 0 Å². The van der Waals surface area contributed by atoms with Gasteiger partial charge in [0.1, 0.15) is 11.2 Å². The Bertz CT molecular complexity index is 2440. The second-order valence-electron chi connectivity index (χ2n) is 11.0. The zero-order valence-corrected chi connectivity index (χ0v) is 24.4. The molecule has 0 bridgehead atoms. The average Bonchev–Trinajstić information content (AvgIpc) is 3.67. The first-order valence-corrected chi connectivity index (χ1v) is 15.4. The van der Waals surface area contributed by atoms with E-state index >= 15 is 0 Å². The molecule has 0 aliphatic heterocycles. The number of fused-ring (bicyclic) bond motifs is 6. The molecular formula is C40H24N2OS. The topological polar surface area (TPSA) is 38.9 Å². The maximum Gasteiger partial charge on any atom is 0.136 e. The molecule has 44 heavy (non-hydrogen) atoms. The summed E-state index contributed by atoms with van der Waals surface area (Å²) in [7, 11) is 0. The van der Waals surface area contributed by atoms with Gasteiger partial charge in [0.2, 0.25) is 0 Å². The van der Waals surface area contributed by atoms with Gasteiger partial charge in [-0.3, -0.25) is 9.97 Å². The van der Waals surface area contributed by atoms with Gasteiger partial charge in [0.15, 0.2) is 0 Å². The van der Waals surface area contributed by atoms with Gasteiger partial charge < -0.3 is 4.42 Å². The molecule has 0 unspecified atom stereocenters. The highest BCUT2D eigenvalue weighted by molar-refractivity contribution is 7.26. The fraction of sp³-hybridized carbons (Fsp3) is 0. The number of pyridine rings is 2. The van der Waals surface area contributed by atoms with Crippen molar-refractivity contribution in [2.45, 2.75) is 0 Å². The van der Waals surface area contributed by atoms with Crippen LogP contribution in [0.4, 0.5) is 0 Å². The molecule has 0 aliphatic carbocycles. The van der Waals surface area contributed by atoms with E-state index in [9.17, 15) is 0 Å². The first kappa shape index (κ1) is 25.0. The Labute approximate surface area is 257 Å². The van der Waals surface area contributed by atoms with E-state index in [0.717, 1.165) is 49.8 Å². The molecule has 0 saturated heterocycles. The Balaban J connectivity index is 1.25. The van der Waals surface area contributed by atoms with Crippen LogP contribution in [0, 0.1) is 0 Å². The van der Waals surface area contributed by atoms with Crippen LogP contribution >= 0.6 is 11.3 Å². The van der Waals surface area contributed by atoms with Crippen LogP contribution in [0.5, 0.6) is 0 Å². The van der Waals surface area contributed by atoms with Crippen molar-refractivity contribution in [3.05, 3.63) is 146 Å². The Morgan fingerprint density at radius 3 is 1.59 bits per heavy atom. The quantitative estimate of drug-likeness (QED) is 0.208. The molecular weight excluding hydrogens is 557 g/mol. The predicted octanol–water partition coefficient (Wildman–Crippen LogP) is 11.4. The lowest BCUT2D eigenvalue weighted by Gasteiger charge is -2.12. The molecule has 9 rings (SSSR count). The van der Waals surface area contributed by atoms with Gasteiger partial charge in [0.05, 0.1) is 0 Å². The van der Waals surface area contributed by atoms with E-state index < -0.39 is 0 Å². The zero-order chi connectivity index (χ0) is 29.0. The molecule has 0 radical (unpaired) electrons. The molecule has 4 aromatic heterocycles. The number of furan rings is 1. The summed E-state index contributed by atoms with van der Waals surface area (Å²) in [4.78, 5) is 8.49. The molecule has 0 aliphatic rings. The largest absolute Gasteiger partial charge is 0.456 e. The number of thiophene rings is 1. The minimum atomic E-state index is 0.916. The minimum absolute atomic E-state index is 0.916. The molecule has 5 aromatic carbocycles. The van der Waals surface area contributed by atoms with Crippen LogP contribution in [0.3, 0.4) is 0 Å². The van der Waals surface area contributed by atoms with Crippen LogP contribution in [-0.4, -0.2) is 9.97 Å². The smallest absolute Gasteiger partial charge is 0.136 e. The van der Waals surface area contributed by atoms with Gasteiger partial charge in [0.25, 0.3) is 0 Å². The summed E-state index contributed by atoms with van der Waals surface area (Å²) in [5, 5.41) is 4.84. The lowest BCUT2D eigenvalue weighted by Crippen LogP contribution is -1.87. The van der Waals surface area contributed by atoms with Crippen molar-refractivity contribution in [2.24, 2.45) is 0 Å². The van der Waals surface area contributed by atoms with E-state index in [1.165, 1.54) is 36.9 Å². The monoisotopic (exact) mass is 580 g/mol. The second-order valence-corrected chi connectivity index (χ2v) is 12.1. The van der Waals surface area contributed by atoms with E-state index in [1.807, 2.05) is 48.3 Å². The number of aromatic nitrogens is 2. The third-order valence-corrected chi connectivity index (χ3v) is 9.77. The van der Waals surface area contributed by atoms with Crippen molar-refractivity contribution >= 4 is 53.4 Å².